The number of ether oxygens (including phenoxy) is 1. The van der Waals surface area contributed by atoms with Crippen molar-refractivity contribution < 1.29 is 9.13 Å². The molecule has 6 nitrogen and oxygen atoms in total. The number of rotatable bonds is 3. The summed E-state index contributed by atoms with van der Waals surface area (Å²) >= 11 is 0. The molecule has 2 atom stereocenters. The zero-order valence-corrected chi connectivity index (χ0v) is 18.8. The Hall–Kier alpha value is -3.19. The van der Waals surface area contributed by atoms with Gasteiger partial charge in [-0.05, 0) is 57.4 Å². The summed E-state index contributed by atoms with van der Waals surface area (Å²) in [6, 6.07) is 7.24. The molecule has 1 fully saturated rings. The molecule has 7 heteroatoms. The molecule has 0 spiro atoms. The molecule has 0 amide bonds. The minimum Gasteiger partial charge on any atom is -0.373 e. The van der Waals surface area contributed by atoms with Gasteiger partial charge in [0.15, 0.2) is 0 Å². The van der Waals surface area contributed by atoms with Crippen LogP contribution in [-0.4, -0.2) is 31.3 Å². The number of aryl methyl sites for hydroxylation is 4. The van der Waals surface area contributed by atoms with Crippen LogP contribution < -0.4 is 0 Å². The molecular weight excluding hydrogens is 405 g/mol. The zero-order chi connectivity index (χ0) is 22.4. The lowest BCUT2D eigenvalue weighted by atomic mass is 9.89. The van der Waals surface area contributed by atoms with E-state index in [1.165, 1.54) is 6.07 Å². The number of pyridine rings is 1. The second kappa shape index (κ2) is 8.06. The smallest absolute Gasteiger partial charge is 0.132 e. The number of nitrogens with zero attached hydrogens (tertiary/aromatic N) is 5. The Balaban J connectivity index is 1.62. The molecule has 0 N–H and O–H groups in total. The first-order chi connectivity index (χ1) is 15.4. The number of hydrogen-bond acceptors (Lipinski definition) is 5. The molecule has 0 unspecified atom stereocenters. The summed E-state index contributed by atoms with van der Waals surface area (Å²) in [6.07, 6.45) is 5.45. The van der Waals surface area contributed by atoms with Crippen LogP contribution in [0, 0.1) is 26.6 Å². The van der Waals surface area contributed by atoms with E-state index in [0.717, 1.165) is 46.6 Å². The molecule has 32 heavy (non-hydrogen) atoms. The van der Waals surface area contributed by atoms with Crippen LogP contribution in [0.5, 0.6) is 0 Å². The Kier molecular flexibility index (Phi) is 5.21. The Morgan fingerprint density at radius 2 is 1.88 bits per heavy atom. The monoisotopic (exact) mass is 431 g/mol. The molecule has 1 aromatic carbocycles. The predicted octanol–water partition coefficient (Wildman–Crippen LogP) is 5.12. The van der Waals surface area contributed by atoms with Crippen LogP contribution in [0.4, 0.5) is 4.39 Å². The van der Waals surface area contributed by atoms with Gasteiger partial charge in [0, 0.05) is 42.6 Å². The van der Waals surface area contributed by atoms with E-state index in [4.69, 9.17) is 19.7 Å². The van der Waals surface area contributed by atoms with E-state index in [1.54, 1.807) is 10.7 Å². The molecule has 0 saturated carbocycles. The van der Waals surface area contributed by atoms with E-state index >= 15 is 0 Å². The minimum absolute atomic E-state index is 0.0367. The van der Waals surface area contributed by atoms with Crippen LogP contribution in [0.15, 0.2) is 36.7 Å². The van der Waals surface area contributed by atoms with Gasteiger partial charge in [0.05, 0.1) is 29.2 Å². The summed E-state index contributed by atoms with van der Waals surface area (Å²) in [5.41, 5.74) is 6.91. The van der Waals surface area contributed by atoms with Crippen molar-refractivity contribution in [2.24, 2.45) is 7.05 Å². The summed E-state index contributed by atoms with van der Waals surface area (Å²) in [4.78, 5) is 14.5. The minimum atomic E-state index is -0.295. The summed E-state index contributed by atoms with van der Waals surface area (Å²) < 4.78 is 22.8. The van der Waals surface area contributed by atoms with Crippen molar-refractivity contribution in [2.75, 3.05) is 6.61 Å². The molecule has 0 radical (unpaired) electrons. The zero-order valence-electron chi connectivity index (χ0n) is 18.8. The molecule has 164 valence electrons. The van der Waals surface area contributed by atoms with Crippen molar-refractivity contribution in [3.63, 3.8) is 0 Å². The van der Waals surface area contributed by atoms with E-state index < -0.39 is 0 Å². The highest BCUT2D eigenvalue weighted by Crippen LogP contribution is 2.39. The van der Waals surface area contributed by atoms with Crippen LogP contribution in [0.25, 0.3) is 22.3 Å². The number of halogens is 1. The third kappa shape index (κ3) is 3.77. The second-order valence-electron chi connectivity index (χ2n) is 8.67. The van der Waals surface area contributed by atoms with Gasteiger partial charge in [0.2, 0.25) is 0 Å². The highest BCUT2D eigenvalue weighted by molar-refractivity contribution is 5.89. The Labute approximate surface area is 186 Å². The quantitative estimate of drug-likeness (QED) is 0.450. The van der Waals surface area contributed by atoms with Gasteiger partial charge >= 0.3 is 0 Å². The van der Waals surface area contributed by atoms with Gasteiger partial charge in [-0.3, -0.25) is 4.68 Å². The first-order valence-electron chi connectivity index (χ1n) is 10.9. The maximum absolute atomic E-state index is 15.0. The average Bonchev–Trinajstić information content (AvgIpc) is 3.21. The molecule has 1 saturated heterocycles. The van der Waals surface area contributed by atoms with E-state index in [9.17, 15) is 4.39 Å². The molecule has 4 heterocycles. The predicted molar refractivity (Wildman–Crippen MR) is 121 cm³/mol. The summed E-state index contributed by atoms with van der Waals surface area (Å²) in [7, 11) is 1.90. The van der Waals surface area contributed by atoms with Crippen LogP contribution in [0.3, 0.4) is 0 Å². The first kappa shape index (κ1) is 20.7. The average molecular weight is 432 g/mol. The van der Waals surface area contributed by atoms with Crippen molar-refractivity contribution >= 4 is 11.0 Å². The van der Waals surface area contributed by atoms with Crippen molar-refractivity contribution in [1.29, 1.82) is 0 Å². The Morgan fingerprint density at radius 1 is 1.06 bits per heavy atom. The van der Waals surface area contributed by atoms with Crippen LogP contribution in [-0.2, 0) is 11.8 Å². The molecule has 5 rings (SSSR count). The molecule has 1 aliphatic rings. The lowest BCUT2D eigenvalue weighted by Crippen LogP contribution is -2.19. The number of aromatic nitrogens is 5. The highest BCUT2D eigenvalue weighted by atomic mass is 19.1. The largest absolute Gasteiger partial charge is 0.373 e. The van der Waals surface area contributed by atoms with Crippen LogP contribution in [0.2, 0.25) is 0 Å². The fourth-order valence-electron chi connectivity index (χ4n) is 4.36. The fraction of sp³-hybridized carbons (Fsp3) is 0.360. The van der Waals surface area contributed by atoms with Crippen LogP contribution >= 0.6 is 0 Å². The van der Waals surface area contributed by atoms with Gasteiger partial charge in [0.25, 0.3) is 0 Å². The maximum Gasteiger partial charge on any atom is 0.132 e. The summed E-state index contributed by atoms with van der Waals surface area (Å²) in [6.45, 7) is 6.38. The SMILES string of the molecule is Cc1ccc(-c2nc([C@H]3CCO[C@@H](c4cnn(C)c4)C3)cc3nc(C)c(C)nc23)c(F)c1. The Morgan fingerprint density at radius 3 is 2.62 bits per heavy atom. The van der Waals surface area contributed by atoms with E-state index in [1.807, 2.05) is 52.3 Å². The molecular formula is C25H26FN5O. The lowest BCUT2D eigenvalue weighted by molar-refractivity contribution is 0.00464. The molecule has 3 aromatic heterocycles. The first-order valence-corrected chi connectivity index (χ1v) is 10.9. The lowest BCUT2D eigenvalue weighted by Gasteiger charge is -2.29. The van der Waals surface area contributed by atoms with E-state index in [-0.39, 0.29) is 17.8 Å². The van der Waals surface area contributed by atoms with Crippen LogP contribution in [0.1, 0.15) is 53.1 Å². The van der Waals surface area contributed by atoms with Crippen molar-refractivity contribution in [3.8, 4) is 11.3 Å². The summed E-state index contributed by atoms with van der Waals surface area (Å²) in [5, 5.41) is 4.28. The normalized spacial score (nSPS) is 18.9. The fourth-order valence-corrected chi connectivity index (χ4v) is 4.36. The second-order valence-corrected chi connectivity index (χ2v) is 8.67. The van der Waals surface area contributed by atoms with Crippen molar-refractivity contribution in [3.05, 3.63) is 70.7 Å². The molecule has 0 bridgehead atoms. The highest BCUT2D eigenvalue weighted by Gasteiger charge is 2.28. The van der Waals surface area contributed by atoms with Gasteiger partial charge in [-0.2, -0.15) is 5.10 Å². The maximum atomic E-state index is 15.0. The number of hydrogen-bond donors (Lipinski definition) is 0. The van der Waals surface area contributed by atoms with Gasteiger partial charge < -0.3 is 4.74 Å². The number of fused-ring (bicyclic) bond motifs is 1. The standard InChI is InChI=1S/C25H26FN5O/c1-14-5-6-19(20(26)9-14)24-25-22(28-15(2)16(3)29-25)11-21(30-24)17-7-8-32-23(10-17)18-12-27-31(4)13-18/h5-6,9,11-13,17,23H,7-8,10H2,1-4H3/t17-,23+/m0/s1. The Bertz CT molecular complexity index is 1320. The van der Waals surface area contributed by atoms with Crippen molar-refractivity contribution in [2.45, 2.75) is 45.6 Å². The van der Waals surface area contributed by atoms with E-state index in [2.05, 4.69) is 5.10 Å². The van der Waals surface area contributed by atoms with Gasteiger partial charge in [-0.15, -0.1) is 0 Å². The van der Waals surface area contributed by atoms with Gasteiger partial charge in [-0.1, -0.05) is 6.07 Å². The topological polar surface area (TPSA) is 65.7 Å². The number of benzene rings is 1. The molecule has 1 aliphatic heterocycles. The molecule has 0 aliphatic carbocycles. The van der Waals surface area contributed by atoms with Gasteiger partial charge in [-0.25, -0.2) is 19.3 Å². The van der Waals surface area contributed by atoms with Crippen molar-refractivity contribution in [1.82, 2.24) is 24.7 Å². The third-order valence-electron chi connectivity index (χ3n) is 6.26. The van der Waals surface area contributed by atoms with E-state index in [0.29, 0.717) is 23.4 Å². The van der Waals surface area contributed by atoms with Gasteiger partial charge in [0.1, 0.15) is 17.0 Å². The third-order valence-corrected chi connectivity index (χ3v) is 6.26. The summed E-state index contributed by atoms with van der Waals surface area (Å²) in [5.74, 6) is -0.120. The molecule has 4 aromatic rings.